The van der Waals surface area contributed by atoms with Crippen molar-refractivity contribution in [3.05, 3.63) is 24.3 Å². The predicted octanol–water partition coefficient (Wildman–Crippen LogP) is 2.65. The van der Waals surface area contributed by atoms with Crippen molar-refractivity contribution in [2.45, 2.75) is 26.2 Å². The van der Waals surface area contributed by atoms with Crippen molar-refractivity contribution in [3.8, 4) is 11.8 Å². The van der Waals surface area contributed by atoms with Crippen LogP contribution in [0.1, 0.15) is 26.2 Å². The summed E-state index contributed by atoms with van der Waals surface area (Å²) < 4.78 is 5.39. The normalized spacial score (nSPS) is 16.0. The number of nitrogens with one attached hydrogen (secondary N) is 1. The molecule has 5 nitrogen and oxygen atoms in total. The first-order chi connectivity index (χ1) is 10.7. The minimum Gasteiger partial charge on any atom is -0.494 e. The fraction of sp³-hybridized carbons (Fsp3) is 0.529. The van der Waals surface area contributed by atoms with Gasteiger partial charge in [0.2, 0.25) is 5.91 Å². The van der Waals surface area contributed by atoms with E-state index in [2.05, 4.69) is 16.3 Å². The molecule has 1 saturated heterocycles. The van der Waals surface area contributed by atoms with E-state index in [1.54, 1.807) is 0 Å². The number of rotatable bonds is 6. The van der Waals surface area contributed by atoms with Crippen molar-refractivity contribution < 1.29 is 9.53 Å². The van der Waals surface area contributed by atoms with Crippen LogP contribution in [0, 0.1) is 17.2 Å². The van der Waals surface area contributed by atoms with Crippen LogP contribution >= 0.6 is 0 Å². The smallest absolute Gasteiger partial charge is 0.227 e. The van der Waals surface area contributed by atoms with E-state index in [0.29, 0.717) is 13.0 Å². The molecule has 0 bridgehead atoms. The Morgan fingerprint density at radius 3 is 2.64 bits per heavy atom. The summed E-state index contributed by atoms with van der Waals surface area (Å²) in [4.78, 5) is 14.5. The molecule has 0 unspecified atom stereocenters. The van der Waals surface area contributed by atoms with Crippen LogP contribution in [0.4, 0.5) is 5.69 Å². The number of carbonyl (C=O) groups excluding carboxylic acids is 1. The average molecular weight is 301 g/mol. The molecule has 1 fully saturated rings. The fourth-order valence-corrected chi connectivity index (χ4v) is 2.67. The van der Waals surface area contributed by atoms with E-state index in [1.807, 2.05) is 31.2 Å². The number of ether oxygens (including phenoxy) is 1. The highest BCUT2D eigenvalue weighted by molar-refractivity contribution is 5.92. The first kappa shape index (κ1) is 16.3. The lowest BCUT2D eigenvalue weighted by atomic mass is 9.95. The molecule has 0 radical (unpaired) electrons. The van der Waals surface area contributed by atoms with Crippen molar-refractivity contribution in [1.29, 1.82) is 5.26 Å². The molecule has 0 atom stereocenters. The van der Waals surface area contributed by atoms with Gasteiger partial charge >= 0.3 is 0 Å². The fourth-order valence-electron chi connectivity index (χ4n) is 2.67. The van der Waals surface area contributed by atoms with Crippen LogP contribution in [0.2, 0.25) is 0 Å². The Hall–Kier alpha value is -2.06. The molecule has 1 aromatic rings. The monoisotopic (exact) mass is 301 g/mol. The number of nitrogens with zero attached hydrogens (tertiary/aromatic N) is 2. The topological polar surface area (TPSA) is 65.4 Å². The second kappa shape index (κ2) is 8.40. The third-order valence-corrected chi connectivity index (χ3v) is 3.93. The van der Waals surface area contributed by atoms with Gasteiger partial charge in [-0.3, -0.25) is 4.79 Å². The highest BCUT2D eigenvalue weighted by atomic mass is 16.5. The molecule has 1 heterocycles. The Labute approximate surface area is 131 Å². The van der Waals surface area contributed by atoms with Gasteiger partial charge in [0, 0.05) is 24.6 Å². The van der Waals surface area contributed by atoms with E-state index in [1.165, 1.54) is 0 Å². The van der Waals surface area contributed by atoms with Crippen molar-refractivity contribution in [1.82, 2.24) is 4.90 Å². The summed E-state index contributed by atoms with van der Waals surface area (Å²) in [6, 6.07) is 9.63. The first-order valence-electron chi connectivity index (χ1n) is 7.86. The highest BCUT2D eigenvalue weighted by Gasteiger charge is 2.24. The first-order valence-corrected chi connectivity index (χ1v) is 7.86. The third kappa shape index (κ3) is 4.74. The average Bonchev–Trinajstić information content (AvgIpc) is 2.55. The number of anilines is 1. The largest absolute Gasteiger partial charge is 0.494 e. The van der Waals surface area contributed by atoms with Gasteiger partial charge < -0.3 is 15.0 Å². The summed E-state index contributed by atoms with van der Waals surface area (Å²) in [5, 5.41) is 11.6. The van der Waals surface area contributed by atoms with E-state index in [0.717, 1.165) is 43.9 Å². The summed E-state index contributed by atoms with van der Waals surface area (Å²) in [6.07, 6.45) is 2.27. The molecule has 5 heteroatoms. The Bertz CT molecular complexity index is 514. The summed E-state index contributed by atoms with van der Waals surface area (Å²) in [6.45, 7) is 5.17. The van der Waals surface area contributed by atoms with Gasteiger partial charge in [-0.25, -0.2) is 0 Å². The Balaban J connectivity index is 1.79. The van der Waals surface area contributed by atoms with E-state index in [-0.39, 0.29) is 11.8 Å². The molecule has 0 aliphatic carbocycles. The molecule has 1 aromatic carbocycles. The van der Waals surface area contributed by atoms with Crippen molar-refractivity contribution in [2.24, 2.45) is 5.92 Å². The lowest BCUT2D eigenvalue weighted by Crippen LogP contribution is -2.38. The number of amides is 1. The molecule has 118 valence electrons. The van der Waals surface area contributed by atoms with Crippen LogP contribution in [0.3, 0.4) is 0 Å². The zero-order valence-electron chi connectivity index (χ0n) is 13.0. The van der Waals surface area contributed by atoms with Crippen molar-refractivity contribution in [2.75, 3.05) is 31.6 Å². The number of piperidine rings is 1. The molecule has 1 amide bonds. The standard InChI is InChI=1S/C17H23N3O2/c1-2-22-16-6-4-15(5-7-16)19-17(21)14-8-12-20(13-9-14)11-3-10-18/h4-7,14H,2-3,8-9,11-13H2,1H3,(H,19,21). The van der Waals surface area contributed by atoms with Crippen LogP contribution in [-0.4, -0.2) is 37.0 Å². The number of nitriles is 1. The van der Waals surface area contributed by atoms with Gasteiger partial charge in [0.25, 0.3) is 0 Å². The molecule has 1 aliphatic rings. The highest BCUT2D eigenvalue weighted by Crippen LogP contribution is 2.21. The second-order valence-electron chi connectivity index (χ2n) is 5.47. The Morgan fingerprint density at radius 1 is 1.36 bits per heavy atom. The van der Waals surface area contributed by atoms with Crippen LogP contribution < -0.4 is 10.1 Å². The molecule has 1 N–H and O–H groups in total. The van der Waals surface area contributed by atoms with Crippen molar-refractivity contribution in [3.63, 3.8) is 0 Å². The maximum Gasteiger partial charge on any atom is 0.227 e. The van der Waals surface area contributed by atoms with Gasteiger partial charge in [-0.2, -0.15) is 5.26 Å². The van der Waals surface area contributed by atoms with Gasteiger partial charge in [0.05, 0.1) is 12.7 Å². The number of benzene rings is 1. The molecular formula is C17H23N3O2. The predicted molar refractivity (Wildman–Crippen MR) is 85.6 cm³/mol. The van der Waals surface area contributed by atoms with E-state index < -0.39 is 0 Å². The van der Waals surface area contributed by atoms with E-state index >= 15 is 0 Å². The van der Waals surface area contributed by atoms with E-state index in [4.69, 9.17) is 10.00 Å². The van der Waals surface area contributed by atoms with Gasteiger partial charge in [0.15, 0.2) is 0 Å². The number of likely N-dealkylation sites (tertiary alicyclic amines) is 1. The second-order valence-corrected chi connectivity index (χ2v) is 5.47. The minimum absolute atomic E-state index is 0.0601. The molecule has 2 rings (SSSR count). The summed E-state index contributed by atoms with van der Waals surface area (Å²) in [7, 11) is 0. The third-order valence-electron chi connectivity index (χ3n) is 3.93. The van der Waals surface area contributed by atoms with Crippen LogP contribution in [0.5, 0.6) is 5.75 Å². The van der Waals surface area contributed by atoms with Gasteiger partial charge in [-0.15, -0.1) is 0 Å². The lowest BCUT2D eigenvalue weighted by molar-refractivity contribution is -0.121. The summed E-state index contributed by atoms with van der Waals surface area (Å²) in [5.74, 6) is 0.959. The van der Waals surface area contributed by atoms with Crippen molar-refractivity contribution >= 4 is 11.6 Å². The maximum absolute atomic E-state index is 12.3. The van der Waals surface area contributed by atoms with E-state index in [9.17, 15) is 4.79 Å². The summed E-state index contributed by atoms with van der Waals surface area (Å²) in [5.41, 5.74) is 0.806. The molecule has 0 aromatic heterocycles. The minimum atomic E-state index is 0.0601. The van der Waals surface area contributed by atoms with Gasteiger partial charge in [0.1, 0.15) is 5.75 Å². The van der Waals surface area contributed by atoms with Crippen LogP contribution in [-0.2, 0) is 4.79 Å². The zero-order chi connectivity index (χ0) is 15.8. The number of hydrogen-bond acceptors (Lipinski definition) is 4. The summed E-state index contributed by atoms with van der Waals surface area (Å²) >= 11 is 0. The molecular weight excluding hydrogens is 278 g/mol. The van der Waals surface area contributed by atoms with Gasteiger partial charge in [-0.1, -0.05) is 0 Å². The van der Waals surface area contributed by atoms with Crippen LogP contribution in [0.15, 0.2) is 24.3 Å². The molecule has 0 saturated carbocycles. The van der Waals surface area contributed by atoms with Crippen LogP contribution in [0.25, 0.3) is 0 Å². The number of carbonyl (C=O) groups is 1. The Morgan fingerprint density at radius 2 is 2.05 bits per heavy atom. The zero-order valence-corrected chi connectivity index (χ0v) is 13.0. The molecule has 0 spiro atoms. The quantitative estimate of drug-likeness (QED) is 0.877. The molecule has 22 heavy (non-hydrogen) atoms. The van der Waals surface area contributed by atoms with Gasteiger partial charge in [-0.05, 0) is 57.1 Å². The maximum atomic E-state index is 12.3. The number of hydrogen-bond donors (Lipinski definition) is 1. The molecule has 1 aliphatic heterocycles. The SMILES string of the molecule is CCOc1ccc(NC(=O)C2CCN(CCC#N)CC2)cc1. The lowest BCUT2D eigenvalue weighted by Gasteiger charge is -2.30. The Kier molecular flexibility index (Phi) is 6.23.